The van der Waals surface area contributed by atoms with E-state index in [9.17, 15) is 17.6 Å². The lowest BCUT2D eigenvalue weighted by Crippen LogP contribution is -2.08. The summed E-state index contributed by atoms with van der Waals surface area (Å²) in [5.41, 5.74) is 1.21. The number of alkyl halides is 3. The summed E-state index contributed by atoms with van der Waals surface area (Å²) in [5.74, 6) is 0.681. The van der Waals surface area contributed by atoms with Gasteiger partial charge in [0.2, 0.25) is 5.95 Å². The van der Waals surface area contributed by atoms with E-state index in [0.29, 0.717) is 53.0 Å². The van der Waals surface area contributed by atoms with Crippen LogP contribution in [-0.2, 0) is 24.1 Å². The van der Waals surface area contributed by atoms with Gasteiger partial charge >= 0.3 is 6.18 Å². The molecule has 0 spiro atoms. The van der Waals surface area contributed by atoms with Gasteiger partial charge in [-0.05, 0) is 36.4 Å². The van der Waals surface area contributed by atoms with Gasteiger partial charge in [-0.3, -0.25) is 4.98 Å². The van der Waals surface area contributed by atoms with Crippen molar-refractivity contribution in [2.45, 2.75) is 19.3 Å². The van der Waals surface area contributed by atoms with Crippen LogP contribution in [0.1, 0.15) is 11.3 Å². The first kappa shape index (κ1) is 26.4. The number of rotatable bonds is 9. The van der Waals surface area contributed by atoms with Crippen molar-refractivity contribution in [1.29, 1.82) is 0 Å². The number of aromatic nitrogens is 4. The van der Waals surface area contributed by atoms with E-state index >= 15 is 0 Å². The molecule has 0 aliphatic heterocycles. The van der Waals surface area contributed by atoms with Crippen molar-refractivity contribution in [2.24, 2.45) is 0 Å². The molecule has 0 aliphatic carbocycles. The fourth-order valence-electron chi connectivity index (χ4n) is 3.60. The van der Waals surface area contributed by atoms with Gasteiger partial charge in [0.15, 0.2) is 5.15 Å². The van der Waals surface area contributed by atoms with Gasteiger partial charge in [-0.1, -0.05) is 11.6 Å². The molecule has 4 aromatic rings. The molecule has 12 heteroatoms. The standard InChI is InChI=1S/C25H21ClF4N4O3/c1-35-10-9-34-22(23(26)33-24(34)15-3-8-21(27)32-12-15)19-7-6-18(11-20(19)36-2)37-14-17-5-4-16(13-31-17)25(28,29)30/h3-8,11-13H,9-10,14H2,1-2H3. The number of pyridine rings is 2. The molecule has 3 heterocycles. The van der Waals surface area contributed by atoms with E-state index in [4.69, 9.17) is 25.8 Å². The number of hydrogen-bond acceptors (Lipinski definition) is 6. The molecule has 7 nitrogen and oxygen atoms in total. The Bertz CT molecular complexity index is 1360. The van der Waals surface area contributed by atoms with Gasteiger partial charge in [-0.25, -0.2) is 9.97 Å². The molecular weight excluding hydrogens is 516 g/mol. The smallest absolute Gasteiger partial charge is 0.417 e. The van der Waals surface area contributed by atoms with Crippen LogP contribution in [0.3, 0.4) is 0 Å². The van der Waals surface area contributed by atoms with E-state index in [1.165, 1.54) is 25.4 Å². The SMILES string of the molecule is COCCn1c(-c2ccc(F)nc2)nc(Cl)c1-c1ccc(OCc2ccc(C(F)(F)F)cn2)cc1OC. The minimum absolute atomic E-state index is 0.0467. The molecule has 0 saturated heterocycles. The van der Waals surface area contributed by atoms with Crippen LogP contribution in [0.5, 0.6) is 11.5 Å². The molecule has 3 aromatic heterocycles. The highest BCUT2D eigenvalue weighted by atomic mass is 35.5. The molecule has 0 N–H and O–H groups in total. The van der Waals surface area contributed by atoms with Crippen LogP contribution >= 0.6 is 11.6 Å². The first-order valence-electron chi connectivity index (χ1n) is 10.9. The summed E-state index contributed by atoms with van der Waals surface area (Å²) < 4.78 is 70.0. The van der Waals surface area contributed by atoms with E-state index in [1.54, 1.807) is 31.4 Å². The van der Waals surface area contributed by atoms with Gasteiger partial charge in [0.05, 0.1) is 30.7 Å². The molecule has 0 amide bonds. The van der Waals surface area contributed by atoms with Crippen molar-refractivity contribution in [3.63, 3.8) is 0 Å². The van der Waals surface area contributed by atoms with Crippen LogP contribution in [-0.4, -0.2) is 40.3 Å². The number of methoxy groups -OCH3 is 2. The van der Waals surface area contributed by atoms with Crippen LogP contribution in [0.25, 0.3) is 22.6 Å². The Balaban J connectivity index is 1.63. The summed E-state index contributed by atoms with van der Waals surface area (Å²) in [5, 5.41) is 0.191. The number of hydrogen-bond donors (Lipinski definition) is 0. The maximum atomic E-state index is 13.4. The van der Waals surface area contributed by atoms with Crippen LogP contribution in [0.2, 0.25) is 5.15 Å². The maximum Gasteiger partial charge on any atom is 0.417 e. The summed E-state index contributed by atoms with van der Waals surface area (Å²) in [6.45, 7) is 0.694. The highest BCUT2D eigenvalue weighted by molar-refractivity contribution is 6.32. The van der Waals surface area contributed by atoms with E-state index in [2.05, 4.69) is 15.0 Å². The highest BCUT2D eigenvalue weighted by Gasteiger charge is 2.30. The predicted molar refractivity (Wildman–Crippen MR) is 128 cm³/mol. The van der Waals surface area contributed by atoms with Crippen molar-refractivity contribution in [2.75, 3.05) is 20.8 Å². The fourth-order valence-corrected chi connectivity index (χ4v) is 3.88. The first-order valence-corrected chi connectivity index (χ1v) is 11.3. The van der Waals surface area contributed by atoms with E-state index in [-0.39, 0.29) is 11.8 Å². The van der Waals surface area contributed by atoms with Gasteiger partial charge in [-0.2, -0.15) is 17.6 Å². The molecule has 0 atom stereocenters. The molecule has 4 rings (SSSR count). The second-order valence-corrected chi connectivity index (χ2v) is 8.13. The molecule has 0 unspecified atom stereocenters. The zero-order valence-corrected chi connectivity index (χ0v) is 20.5. The second-order valence-electron chi connectivity index (χ2n) is 7.78. The van der Waals surface area contributed by atoms with Gasteiger partial charge in [0, 0.05) is 43.2 Å². The molecule has 0 fully saturated rings. The van der Waals surface area contributed by atoms with Crippen molar-refractivity contribution < 1.29 is 31.8 Å². The molecule has 0 aliphatic rings. The van der Waals surface area contributed by atoms with E-state index in [1.807, 2.05) is 4.57 Å². The summed E-state index contributed by atoms with van der Waals surface area (Å²) in [6, 6.07) is 10.0. The number of nitrogens with zero attached hydrogens (tertiary/aromatic N) is 4. The Hall–Kier alpha value is -3.70. The topological polar surface area (TPSA) is 71.3 Å². The molecule has 0 saturated carbocycles. The minimum atomic E-state index is -4.46. The number of halogens is 5. The summed E-state index contributed by atoms with van der Waals surface area (Å²) in [6.07, 6.45) is -2.33. The van der Waals surface area contributed by atoms with Crippen LogP contribution in [0.15, 0.2) is 54.9 Å². The average molecular weight is 537 g/mol. The van der Waals surface area contributed by atoms with E-state index in [0.717, 1.165) is 12.3 Å². The lowest BCUT2D eigenvalue weighted by atomic mass is 10.1. The van der Waals surface area contributed by atoms with Crippen LogP contribution in [0, 0.1) is 5.95 Å². The fraction of sp³-hybridized carbons (Fsp3) is 0.240. The Morgan fingerprint density at radius 1 is 1.00 bits per heavy atom. The third kappa shape index (κ3) is 6.00. The number of imidazole rings is 1. The molecule has 0 radical (unpaired) electrons. The first-order chi connectivity index (χ1) is 17.7. The van der Waals surface area contributed by atoms with Crippen molar-refractivity contribution in [3.8, 4) is 34.1 Å². The third-order valence-corrected chi connectivity index (χ3v) is 5.66. The second kappa shape index (κ2) is 11.1. The lowest BCUT2D eigenvalue weighted by molar-refractivity contribution is -0.137. The Morgan fingerprint density at radius 3 is 2.43 bits per heavy atom. The number of benzene rings is 1. The highest BCUT2D eigenvalue weighted by Crippen LogP contribution is 2.39. The van der Waals surface area contributed by atoms with Crippen molar-refractivity contribution in [1.82, 2.24) is 19.5 Å². The zero-order chi connectivity index (χ0) is 26.6. The summed E-state index contributed by atoms with van der Waals surface area (Å²) in [4.78, 5) is 12.0. The van der Waals surface area contributed by atoms with Gasteiger partial charge < -0.3 is 18.8 Å². The third-order valence-electron chi connectivity index (χ3n) is 5.40. The summed E-state index contributed by atoms with van der Waals surface area (Å²) in [7, 11) is 3.05. The monoisotopic (exact) mass is 536 g/mol. The van der Waals surface area contributed by atoms with Gasteiger partial charge in [-0.15, -0.1) is 0 Å². The molecule has 37 heavy (non-hydrogen) atoms. The normalized spacial score (nSPS) is 11.5. The summed E-state index contributed by atoms with van der Waals surface area (Å²) >= 11 is 6.56. The molecule has 0 bridgehead atoms. The largest absolute Gasteiger partial charge is 0.496 e. The molecule has 194 valence electrons. The molecular formula is C25H21ClF4N4O3. The maximum absolute atomic E-state index is 13.4. The quantitative estimate of drug-likeness (QED) is 0.191. The zero-order valence-electron chi connectivity index (χ0n) is 19.7. The number of ether oxygens (including phenoxy) is 3. The van der Waals surface area contributed by atoms with E-state index < -0.39 is 17.7 Å². The van der Waals surface area contributed by atoms with Gasteiger partial charge in [0.25, 0.3) is 0 Å². The Labute approximate surface area is 214 Å². The average Bonchev–Trinajstić information content (AvgIpc) is 3.21. The van der Waals surface area contributed by atoms with Crippen LogP contribution in [0.4, 0.5) is 17.6 Å². The molecule has 1 aromatic carbocycles. The van der Waals surface area contributed by atoms with Crippen molar-refractivity contribution >= 4 is 11.6 Å². The van der Waals surface area contributed by atoms with Crippen LogP contribution < -0.4 is 9.47 Å². The Morgan fingerprint density at radius 2 is 1.81 bits per heavy atom. The Kier molecular flexibility index (Phi) is 7.94. The van der Waals surface area contributed by atoms with Gasteiger partial charge in [0.1, 0.15) is 23.9 Å². The lowest BCUT2D eigenvalue weighted by Gasteiger charge is -2.15. The van der Waals surface area contributed by atoms with Crippen molar-refractivity contribution in [3.05, 3.63) is 77.2 Å². The predicted octanol–water partition coefficient (Wildman–Crippen LogP) is 6.05. The minimum Gasteiger partial charge on any atom is -0.496 e.